The van der Waals surface area contributed by atoms with E-state index in [0.29, 0.717) is 11.4 Å². The van der Waals surface area contributed by atoms with Gasteiger partial charge in [-0.25, -0.2) is 4.99 Å². The van der Waals surface area contributed by atoms with E-state index in [1.54, 1.807) is 0 Å². The molecular weight excluding hydrogens is 325 g/mol. The van der Waals surface area contributed by atoms with E-state index in [4.69, 9.17) is 11.6 Å². The first-order chi connectivity index (χ1) is 6.02. The van der Waals surface area contributed by atoms with Gasteiger partial charge in [0.2, 0.25) is 9.81 Å². The van der Waals surface area contributed by atoms with Crippen molar-refractivity contribution in [3.05, 3.63) is 11.4 Å². The fourth-order valence-electron chi connectivity index (χ4n) is 1.18. The summed E-state index contributed by atoms with van der Waals surface area (Å²) < 4.78 is -1.03. The van der Waals surface area contributed by atoms with Crippen LogP contribution in [0.15, 0.2) is 16.4 Å². The summed E-state index contributed by atoms with van der Waals surface area (Å²) in [5.41, 5.74) is 0.654. The Morgan fingerprint density at radius 2 is 2.38 bits per heavy atom. The summed E-state index contributed by atoms with van der Waals surface area (Å²) in [5.74, 6) is 0.446. The second kappa shape index (κ2) is 2.96. The van der Waals surface area contributed by atoms with E-state index in [1.165, 1.54) is 6.34 Å². The number of nitrogens with one attached hydrogen (secondary N) is 2. The van der Waals surface area contributed by atoms with Gasteiger partial charge < -0.3 is 10.6 Å². The molecule has 0 radical (unpaired) electrons. The van der Waals surface area contributed by atoms with Crippen LogP contribution in [-0.2, 0) is 4.79 Å². The van der Waals surface area contributed by atoms with E-state index in [0.717, 1.165) is 0 Å². The summed E-state index contributed by atoms with van der Waals surface area (Å²) in [4.78, 5) is 14.8. The quantitative estimate of drug-likeness (QED) is 0.515. The third-order valence-electron chi connectivity index (χ3n) is 1.76. The number of hydrogen-bond acceptors (Lipinski definition) is 3. The van der Waals surface area contributed by atoms with E-state index in [1.807, 2.05) is 0 Å². The van der Waals surface area contributed by atoms with Crippen molar-refractivity contribution in [3.63, 3.8) is 0 Å². The van der Waals surface area contributed by atoms with E-state index in [9.17, 15) is 4.79 Å². The Hall–Kier alpha value is -0.0700. The zero-order valence-electron chi connectivity index (χ0n) is 6.14. The molecule has 2 aliphatic heterocycles. The van der Waals surface area contributed by atoms with Crippen LogP contribution in [0.2, 0.25) is 0 Å². The maximum atomic E-state index is 11.3. The number of carbonyl (C=O) groups excluding carboxylic acids is 1. The number of amides is 1. The van der Waals surface area contributed by atoms with Crippen LogP contribution in [-0.4, -0.2) is 21.0 Å². The number of nitrogens with zero attached hydrogens (tertiary/aromatic N) is 1. The molecule has 0 spiro atoms. The maximum Gasteiger partial charge on any atom is 0.243 e. The first-order valence-electron chi connectivity index (χ1n) is 3.40. The number of rotatable bonds is 0. The van der Waals surface area contributed by atoms with Crippen LogP contribution in [0.4, 0.5) is 0 Å². The fourth-order valence-corrected chi connectivity index (χ4v) is 3.07. The molecule has 0 fully saturated rings. The van der Waals surface area contributed by atoms with Gasteiger partial charge in [-0.15, -0.1) is 0 Å². The molecule has 2 heterocycles. The van der Waals surface area contributed by atoms with Crippen molar-refractivity contribution < 1.29 is 4.79 Å². The standard InChI is InChI=1S/C6H4Br2ClN3O/c7-3-2-4(12-5(3)13)10-1-11-6(2,8)9/h1,3H,(H,10,11)(H,12,13). The van der Waals surface area contributed by atoms with Gasteiger partial charge in [-0.1, -0.05) is 27.5 Å². The minimum absolute atomic E-state index is 0.146. The Kier molecular flexibility index (Phi) is 2.16. The SMILES string of the molecule is O=C1NC2=C(C1Br)C(Cl)(Br)N=CN2. The van der Waals surface area contributed by atoms with Gasteiger partial charge in [0.25, 0.3) is 0 Å². The lowest BCUT2D eigenvalue weighted by Crippen LogP contribution is -2.31. The number of alkyl halides is 3. The van der Waals surface area contributed by atoms with Crippen molar-refractivity contribution >= 4 is 55.7 Å². The van der Waals surface area contributed by atoms with Gasteiger partial charge in [-0.2, -0.15) is 0 Å². The highest BCUT2D eigenvalue weighted by Gasteiger charge is 2.44. The van der Waals surface area contributed by atoms with Crippen molar-refractivity contribution in [2.24, 2.45) is 4.99 Å². The Morgan fingerprint density at radius 3 is 3.00 bits per heavy atom. The zero-order chi connectivity index (χ0) is 9.64. The Bertz CT molecular complexity index is 339. The lowest BCUT2D eigenvalue weighted by Gasteiger charge is -2.22. The van der Waals surface area contributed by atoms with Crippen molar-refractivity contribution in [3.8, 4) is 0 Å². The predicted octanol–water partition coefficient (Wildman–Crippen LogP) is 1.01. The van der Waals surface area contributed by atoms with E-state index in [-0.39, 0.29) is 5.91 Å². The minimum Gasteiger partial charge on any atom is -0.333 e. The molecule has 0 aromatic rings. The molecule has 2 aliphatic rings. The largest absolute Gasteiger partial charge is 0.333 e. The van der Waals surface area contributed by atoms with Crippen LogP contribution >= 0.6 is 43.5 Å². The summed E-state index contributed by atoms with van der Waals surface area (Å²) in [5, 5.41) is 5.45. The average molecular weight is 329 g/mol. The summed E-state index contributed by atoms with van der Waals surface area (Å²) >= 11 is 12.5. The average Bonchev–Trinajstić information content (AvgIpc) is 2.28. The number of aliphatic imine (C=N–C) groups is 1. The zero-order valence-corrected chi connectivity index (χ0v) is 10.1. The summed E-state index contributed by atoms with van der Waals surface area (Å²) in [6.07, 6.45) is 1.44. The fraction of sp³-hybridized carbons (Fsp3) is 0.333. The molecule has 0 aliphatic carbocycles. The molecule has 0 saturated carbocycles. The van der Waals surface area contributed by atoms with Crippen molar-refractivity contribution in [2.75, 3.05) is 0 Å². The summed E-state index contributed by atoms with van der Waals surface area (Å²) in [7, 11) is 0. The number of halogens is 3. The molecule has 2 N–H and O–H groups in total. The van der Waals surface area contributed by atoms with Gasteiger partial charge in [-0.05, 0) is 15.9 Å². The van der Waals surface area contributed by atoms with Crippen molar-refractivity contribution in [1.82, 2.24) is 10.6 Å². The van der Waals surface area contributed by atoms with E-state index < -0.39 is 8.73 Å². The molecule has 7 heteroatoms. The normalized spacial score (nSPS) is 37.2. The molecule has 70 valence electrons. The molecule has 4 nitrogen and oxygen atoms in total. The maximum absolute atomic E-state index is 11.3. The minimum atomic E-state index is -1.03. The molecule has 0 bridgehead atoms. The highest BCUT2D eigenvalue weighted by atomic mass is 79.9. The highest BCUT2D eigenvalue weighted by molar-refractivity contribution is 9.11. The van der Waals surface area contributed by atoms with Crippen LogP contribution < -0.4 is 10.6 Å². The van der Waals surface area contributed by atoms with Crippen molar-refractivity contribution in [2.45, 2.75) is 8.73 Å². The van der Waals surface area contributed by atoms with Gasteiger partial charge in [0, 0.05) is 5.57 Å². The molecule has 0 aromatic carbocycles. The lowest BCUT2D eigenvalue weighted by molar-refractivity contribution is -0.118. The first kappa shape index (κ1) is 9.48. The molecule has 2 atom stereocenters. The third-order valence-corrected chi connectivity index (χ3v) is 3.57. The second-order valence-electron chi connectivity index (χ2n) is 2.58. The Morgan fingerprint density at radius 1 is 1.69 bits per heavy atom. The molecule has 0 aromatic heterocycles. The van der Waals surface area contributed by atoms with Crippen LogP contribution in [0.25, 0.3) is 0 Å². The van der Waals surface area contributed by atoms with Gasteiger partial charge in [0.1, 0.15) is 10.6 Å². The third kappa shape index (κ3) is 1.41. The molecule has 2 rings (SSSR count). The predicted molar refractivity (Wildman–Crippen MR) is 57.0 cm³/mol. The monoisotopic (exact) mass is 327 g/mol. The lowest BCUT2D eigenvalue weighted by atomic mass is 10.2. The first-order valence-corrected chi connectivity index (χ1v) is 5.48. The molecular formula is C6H4Br2ClN3O. The molecule has 2 unspecified atom stereocenters. The van der Waals surface area contributed by atoms with Crippen LogP contribution in [0.3, 0.4) is 0 Å². The van der Waals surface area contributed by atoms with Gasteiger partial charge >= 0.3 is 0 Å². The van der Waals surface area contributed by atoms with Gasteiger partial charge in [0.05, 0.1) is 6.34 Å². The van der Waals surface area contributed by atoms with Gasteiger partial charge in [0.15, 0.2) is 0 Å². The topological polar surface area (TPSA) is 53.5 Å². The summed E-state index contributed by atoms with van der Waals surface area (Å²) in [6, 6.07) is 0. The van der Waals surface area contributed by atoms with Gasteiger partial charge in [-0.3, -0.25) is 4.79 Å². The van der Waals surface area contributed by atoms with Crippen LogP contribution in [0.1, 0.15) is 0 Å². The Balaban J connectivity index is 2.44. The second-order valence-corrected chi connectivity index (χ2v) is 5.65. The van der Waals surface area contributed by atoms with E-state index in [2.05, 4.69) is 47.5 Å². The number of carbonyl (C=O) groups is 1. The van der Waals surface area contributed by atoms with Crippen LogP contribution in [0.5, 0.6) is 0 Å². The smallest absolute Gasteiger partial charge is 0.243 e. The van der Waals surface area contributed by atoms with Crippen LogP contribution in [0, 0.1) is 0 Å². The molecule has 0 saturated heterocycles. The molecule has 13 heavy (non-hydrogen) atoms. The van der Waals surface area contributed by atoms with Crippen molar-refractivity contribution in [1.29, 1.82) is 0 Å². The molecule has 1 amide bonds. The Labute approximate surface area is 96.1 Å². The summed E-state index contributed by atoms with van der Waals surface area (Å²) in [6.45, 7) is 0. The van der Waals surface area contributed by atoms with E-state index >= 15 is 0 Å². The number of hydrogen-bond donors (Lipinski definition) is 2. The highest BCUT2D eigenvalue weighted by Crippen LogP contribution is 2.42.